The number of benzene rings is 1. The molecule has 2 fully saturated rings. The quantitative estimate of drug-likeness (QED) is 0.543. The predicted octanol–water partition coefficient (Wildman–Crippen LogP) is 3.90. The Bertz CT molecular complexity index is 1190. The molecule has 5 unspecified atom stereocenters. The molecule has 1 aliphatic heterocycles. The number of hydrogen-bond donors (Lipinski definition) is 2. The fraction of sp³-hybridized carbons (Fsp3) is 0.381. The van der Waals surface area contributed by atoms with E-state index in [1.165, 1.54) is 41.5 Å². The molecule has 0 radical (unpaired) electrons. The zero-order chi connectivity index (χ0) is 17.5. The van der Waals surface area contributed by atoms with E-state index in [1.54, 1.807) is 0 Å². The van der Waals surface area contributed by atoms with E-state index in [0.717, 1.165) is 23.0 Å². The highest BCUT2D eigenvalue weighted by atomic mass is 15.2. The Hall–Kier alpha value is -2.89. The number of aromatic nitrogens is 5. The maximum absolute atomic E-state index is 4.59. The minimum Gasteiger partial charge on any atom is -0.378 e. The smallest absolute Gasteiger partial charge is 0.153 e. The Kier molecular flexibility index (Phi) is 2.57. The van der Waals surface area contributed by atoms with E-state index in [4.69, 9.17) is 0 Å². The van der Waals surface area contributed by atoms with Gasteiger partial charge in [0.15, 0.2) is 5.65 Å². The van der Waals surface area contributed by atoms with Crippen LogP contribution in [0.25, 0.3) is 16.6 Å². The van der Waals surface area contributed by atoms with Crippen molar-refractivity contribution in [1.82, 2.24) is 24.8 Å². The molecule has 0 saturated heterocycles. The third-order valence-corrected chi connectivity index (χ3v) is 7.31. The van der Waals surface area contributed by atoms with E-state index in [-0.39, 0.29) is 0 Å². The van der Waals surface area contributed by atoms with Crippen molar-refractivity contribution in [2.24, 2.45) is 17.8 Å². The Morgan fingerprint density at radius 3 is 3.07 bits per heavy atom. The summed E-state index contributed by atoms with van der Waals surface area (Å²) in [6, 6.07) is 6.88. The summed E-state index contributed by atoms with van der Waals surface area (Å²) < 4.78 is 1.84. The van der Waals surface area contributed by atoms with E-state index in [9.17, 15) is 0 Å². The molecule has 2 bridgehead atoms. The number of nitrogens with one attached hydrogen (secondary N) is 2. The van der Waals surface area contributed by atoms with Crippen molar-refractivity contribution in [1.29, 1.82) is 0 Å². The minimum atomic E-state index is 0.302. The van der Waals surface area contributed by atoms with E-state index in [1.807, 2.05) is 29.3 Å². The first kappa shape index (κ1) is 14.2. The van der Waals surface area contributed by atoms with E-state index in [0.29, 0.717) is 17.9 Å². The first-order chi connectivity index (χ1) is 13.4. The third-order valence-electron chi connectivity index (χ3n) is 7.31. The number of imidazole rings is 1. The standard InChI is InChI=1S/C21H20N6/c1-2-12-7-11(1)18-19(12)21(13-8-17-22-5-6-27(17)24-9-13)25-16-4-3-15-14(20(16)18)10-23-26-15/h3-6,8-12,18-19,21,25H,1-2,7H2,(H,23,26). The summed E-state index contributed by atoms with van der Waals surface area (Å²) in [5.74, 6) is 2.83. The molecule has 134 valence electrons. The molecule has 0 spiro atoms. The van der Waals surface area contributed by atoms with Gasteiger partial charge in [-0.3, -0.25) is 5.10 Å². The van der Waals surface area contributed by atoms with Gasteiger partial charge in [-0.05, 0) is 72.3 Å². The van der Waals surface area contributed by atoms with Crippen molar-refractivity contribution >= 4 is 22.2 Å². The van der Waals surface area contributed by atoms with Crippen LogP contribution in [0.5, 0.6) is 0 Å². The molecule has 7 rings (SSSR count). The largest absolute Gasteiger partial charge is 0.378 e. The van der Waals surface area contributed by atoms with Gasteiger partial charge in [-0.2, -0.15) is 10.2 Å². The summed E-state index contributed by atoms with van der Waals surface area (Å²) >= 11 is 0. The van der Waals surface area contributed by atoms with Crippen molar-refractivity contribution in [2.45, 2.75) is 31.2 Å². The van der Waals surface area contributed by atoms with Gasteiger partial charge in [0.05, 0.1) is 24.0 Å². The molecule has 2 aliphatic carbocycles. The number of nitrogens with zero attached hydrogens (tertiary/aromatic N) is 4. The monoisotopic (exact) mass is 356 g/mol. The summed E-state index contributed by atoms with van der Waals surface area (Å²) in [5, 5.41) is 17.2. The normalized spacial score (nSPS) is 31.2. The molecular formula is C21H20N6. The van der Waals surface area contributed by atoms with Gasteiger partial charge >= 0.3 is 0 Å². The van der Waals surface area contributed by atoms with Crippen molar-refractivity contribution in [2.75, 3.05) is 5.32 Å². The van der Waals surface area contributed by atoms with Crippen LogP contribution in [0.3, 0.4) is 0 Å². The molecule has 5 atom stereocenters. The van der Waals surface area contributed by atoms with E-state index in [2.05, 4.69) is 43.8 Å². The first-order valence-corrected chi connectivity index (χ1v) is 9.88. The lowest BCUT2D eigenvalue weighted by molar-refractivity contribution is 0.248. The van der Waals surface area contributed by atoms with Gasteiger partial charge in [0, 0.05) is 23.5 Å². The highest BCUT2D eigenvalue weighted by Crippen LogP contribution is 2.64. The average molecular weight is 356 g/mol. The van der Waals surface area contributed by atoms with Crippen molar-refractivity contribution in [3.8, 4) is 0 Å². The number of fused-ring (bicyclic) bond motifs is 10. The molecule has 2 saturated carbocycles. The van der Waals surface area contributed by atoms with Gasteiger partial charge in [-0.1, -0.05) is 0 Å². The lowest BCUT2D eigenvalue weighted by atomic mass is 9.67. The van der Waals surface area contributed by atoms with Gasteiger partial charge in [-0.25, -0.2) is 9.50 Å². The Morgan fingerprint density at radius 1 is 1.11 bits per heavy atom. The lowest BCUT2D eigenvalue weighted by Gasteiger charge is -2.43. The van der Waals surface area contributed by atoms with Crippen molar-refractivity contribution < 1.29 is 0 Å². The molecule has 3 aliphatic rings. The summed E-state index contributed by atoms with van der Waals surface area (Å²) in [7, 11) is 0. The number of rotatable bonds is 1. The summed E-state index contributed by atoms with van der Waals surface area (Å²) in [6.07, 6.45) is 11.8. The summed E-state index contributed by atoms with van der Waals surface area (Å²) in [6.45, 7) is 0. The molecule has 1 aromatic carbocycles. The Labute approximate surface area is 156 Å². The predicted molar refractivity (Wildman–Crippen MR) is 103 cm³/mol. The first-order valence-electron chi connectivity index (χ1n) is 9.88. The van der Waals surface area contributed by atoms with Crippen LogP contribution >= 0.6 is 0 Å². The second kappa shape index (κ2) is 4.88. The van der Waals surface area contributed by atoms with Crippen LogP contribution in [-0.4, -0.2) is 24.8 Å². The average Bonchev–Trinajstić information content (AvgIpc) is 3.49. The molecule has 2 N–H and O–H groups in total. The van der Waals surface area contributed by atoms with Gasteiger partial charge < -0.3 is 5.32 Å². The minimum absolute atomic E-state index is 0.302. The van der Waals surface area contributed by atoms with Crippen molar-refractivity contribution in [3.63, 3.8) is 0 Å². The van der Waals surface area contributed by atoms with Gasteiger partial charge in [-0.15, -0.1) is 0 Å². The van der Waals surface area contributed by atoms with Crippen LogP contribution < -0.4 is 5.32 Å². The molecule has 6 nitrogen and oxygen atoms in total. The van der Waals surface area contributed by atoms with Crippen LogP contribution in [-0.2, 0) is 0 Å². The highest BCUT2D eigenvalue weighted by Gasteiger charge is 2.54. The zero-order valence-electron chi connectivity index (χ0n) is 14.8. The van der Waals surface area contributed by atoms with Crippen LogP contribution in [0.1, 0.15) is 42.3 Å². The van der Waals surface area contributed by atoms with Crippen LogP contribution in [0.15, 0.2) is 43.0 Å². The number of hydrogen-bond acceptors (Lipinski definition) is 4. The van der Waals surface area contributed by atoms with Crippen LogP contribution in [0.2, 0.25) is 0 Å². The van der Waals surface area contributed by atoms with E-state index < -0.39 is 0 Å². The van der Waals surface area contributed by atoms with E-state index >= 15 is 0 Å². The van der Waals surface area contributed by atoms with Gasteiger partial charge in [0.1, 0.15) is 0 Å². The molecular weight excluding hydrogens is 336 g/mol. The summed E-state index contributed by atoms with van der Waals surface area (Å²) in [5.41, 5.74) is 6.09. The SMILES string of the molecule is c1cn2ncc(C3Nc4ccc5[nH]ncc5c4C4C5CCC(C5)C34)cc2n1. The maximum Gasteiger partial charge on any atom is 0.153 e. The maximum atomic E-state index is 4.59. The Morgan fingerprint density at radius 2 is 2.07 bits per heavy atom. The molecule has 3 aromatic heterocycles. The summed E-state index contributed by atoms with van der Waals surface area (Å²) in [4.78, 5) is 4.45. The van der Waals surface area contributed by atoms with Gasteiger partial charge in [0.2, 0.25) is 0 Å². The molecule has 6 heteroatoms. The zero-order valence-corrected chi connectivity index (χ0v) is 14.8. The second-order valence-corrected chi connectivity index (χ2v) is 8.44. The molecule has 4 heterocycles. The molecule has 27 heavy (non-hydrogen) atoms. The fourth-order valence-electron chi connectivity index (χ4n) is 6.33. The molecule has 0 amide bonds. The van der Waals surface area contributed by atoms with Crippen LogP contribution in [0, 0.1) is 17.8 Å². The number of aromatic amines is 1. The number of H-pyrrole nitrogens is 1. The highest BCUT2D eigenvalue weighted by molar-refractivity contribution is 5.88. The fourth-order valence-corrected chi connectivity index (χ4v) is 6.33. The topological polar surface area (TPSA) is 70.9 Å². The lowest BCUT2D eigenvalue weighted by Crippen LogP contribution is -2.35. The van der Waals surface area contributed by atoms with Gasteiger partial charge in [0.25, 0.3) is 0 Å². The third kappa shape index (κ3) is 1.78. The number of anilines is 1. The van der Waals surface area contributed by atoms with Crippen LogP contribution in [0.4, 0.5) is 5.69 Å². The molecule has 4 aromatic rings. The Balaban J connectivity index is 1.44. The van der Waals surface area contributed by atoms with Crippen molar-refractivity contribution in [3.05, 3.63) is 54.1 Å². The second-order valence-electron chi connectivity index (χ2n) is 8.44.